The Morgan fingerprint density at radius 3 is 2.72 bits per heavy atom. The van der Waals surface area contributed by atoms with E-state index in [1.807, 2.05) is 6.07 Å². The molecule has 0 aromatic carbocycles. The zero-order valence-electron chi connectivity index (χ0n) is 14.2. The molecule has 1 N–H and O–H groups in total. The van der Waals surface area contributed by atoms with E-state index in [2.05, 4.69) is 5.32 Å². The third kappa shape index (κ3) is 4.00. The van der Waals surface area contributed by atoms with Gasteiger partial charge in [-0.15, -0.1) is 11.3 Å². The van der Waals surface area contributed by atoms with Gasteiger partial charge in [-0.25, -0.2) is 13.2 Å². The maximum absolute atomic E-state index is 12.5. The molecule has 0 bridgehead atoms. The van der Waals surface area contributed by atoms with Crippen LogP contribution in [0.3, 0.4) is 0 Å². The van der Waals surface area contributed by atoms with Crippen molar-refractivity contribution in [3.63, 3.8) is 0 Å². The Labute approximate surface area is 150 Å². The van der Waals surface area contributed by atoms with E-state index in [9.17, 15) is 23.3 Å². The highest BCUT2D eigenvalue weighted by molar-refractivity contribution is 7.88. The van der Waals surface area contributed by atoms with Gasteiger partial charge in [0.1, 0.15) is 22.0 Å². The lowest BCUT2D eigenvalue weighted by molar-refractivity contribution is -0.119. The molecule has 2 rings (SSSR count). The van der Waals surface area contributed by atoms with Gasteiger partial charge in [0.2, 0.25) is 15.9 Å². The minimum Gasteiger partial charge on any atom is -0.462 e. The Morgan fingerprint density at radius 1 is 1.48 bits per heavy atom. The monoisotopic (exact) mass is 385 g/mol. The fourth-order valence-corrected chi connectivity index (χ4v) is 4.90. The van der Waals surface area contributed by atoms with E-state index in [4.69, 9.17) is 4.74 Å². The first-order valence-electron chi connectivity index (χ1n) is 7.69. The summed E-state index contributed by atoms with van der Waals surface area (Å²) in [6.07, 6.45) is 2.07. The van der Waals surface area contributed by atoms with Gasteiger partial charge in [0.25, 0.3) is 0 Å². The molecule has 0 radical (unpaired) electrons. The fraction of sp³-hybridized carbons (Fsp3) is 0.533. The Morgan fingerprint density at radius 2 is 2.16 bits per heavy atom. The summed E-state index contributed by atoms with van der Waals surface area (Å²) in [5.74, 6) is -1.06. The molecule has 1 aromatic rings. The van der Waals surface area contributed by atoms with Gasteiger partial charge < -0.3 is 10.1 Å². The summed E-state index contributed by atoms with van der Waals surface area (Å²) in [4.78, 5) is 24.7. The molecule has 1 atom stereocenters. The maximum atomic E-state index is 12.5. The molecule has 1 aromatic heterocycles. The van der Waals surface area contributed by atoms with Crippen LogP contribution in [-0.2, 0) is 19.6 Å². The average Bonchev–Trinajstić information content (AvgIpc) is 3.12. The molecule has 1 aliphatic heterocycles. The molecule has 10 heteroatoms. The van der Waals surface area contributed by atoms with E-state index < -0.39 is 27.9 Å². The lowest BCUT2D eigenvalue weighted by Gasteiger charge is -2.21. The Kier molecular flexibility index (Phi) is 5.82. The highest BCUT2D eigenvalue weighted by atomic mass is 32.2. The van der Waals surface area contributed by atoms with Crippen LogP contribution >= 0.6 is 11.3 Å². The number of ether oxygens (including phenoxy) is 1. The van der Waals surface area contributed by atoms with Crippen molar-refractivity contribution in [3.05, 3.63) is 16.0 Å². The second kappa shape index (κ2) is 7.51. The van der Waals surface area contributed by atoms with Crippen molar-refractivity contribution < 1.29 is 22.7 Å². The molecule has 0 spiro atoms. The first-order valence-corrected chi connectivity index (χ1v) is 10.4. The molecule has 8 nitrogen and oxygen atoms in total. The van der Waals surface area contributed by atoms with Crippen molar-refractivity contribution in [1.29, 1.82) is 5.26 Å². The number of anilines is 1. The second-order valence-electron chi connectivity index (χ2n) is 5.61. The van der Waals surface area contributed by atoms with Crippen LogP contribution in [-0.4, -0.2) is 50.0 Å². The van der Waals surface area contributed by atoms with Crippen LogP contribution in [0.2, 0.25) is 0 Å². The molecule has 1 aliphatic rings. The van der Waals surface area contributed by atoms with Crippen LogP contribution in [0.5, 0.6) is 0 Å². The number of hydrogen-bond acceptors (Lipinski definition) is 7. The molecule has 1 amide bonds. The average molecular weight is 385 g/mol. The Bertz CT molecular complexity index is 838. The lowest BCUT2D eigenvalue weighted by atomic mass is 10.1. The summed E-state index contributed by atoms with van der Waals surface area (Å²) in [6, 6.07) is 1.16. The number of esters is 1. The highest BCUT2D eigenvalue weighted by Crippen LogP contribution is 2.34. The van der Waals surface area contributed by atoms with Crippen LogP contribution < -0.4 is 5.32 Å². The van der Waals surface area contributed by atoms with Gasteiger partial charge in [-0.2, -0.15) is 9.57 Å². The summed E-state index contributed by atoms with van der Waals surface area (Å²) in [5, 5.41) is 12.2. The molecular weight excluding hydrogens is 366 g/mol. The number of rotatable bonds is 5. The van der Waals surface area contributed by atoms with Crippen molar-refractivity contribution in [2.45, 2.75) is 32.7 Å². The van der Waals surface area contributed by atoms with Gasteiger partial charge in [-0.05, 0) is 32.3 Å². The largest absolute Gasteiger partial charge is 0.462 e. The van der Waals surface area contributed by atoms with E-state index in [-0.39, 0.29) is 22.0 Å². The highest BCUT2D eigenvalue weighted by Gasteiger charge is 2.37. The van der Waals surface area contributed by atoms with Crippen molar-refractivity contribution in [3.8, 4) is 6.07 Å². The van der Waals surface area contributed by atoms with Crippen LogP contribution in [0.1, 0.15) is 40.6 Å². The molecule has 1 unspecified atom stereocenters. The van der Waals surface area contributed by atoms with Gasteiger partial charge in [0, 0.05) is 6.54 Å². The molecular formula is C15H19N3O5S2. The normalized spacial score (nSPS) is 17.9. The number of amides is 1. The van der Waals surface area contributed by atoms with Crippen molar-refractivity contribution in [1.82, 2.24) is 4.31 Å². The van der Waals surface area contributed by atoms with E-state index in [0.717, 1.165) is 21.9 Å². The number of nitriles is 1. The van der Waals surface area contributed by atoms with E-state index >= 15 is 0 Å². The molecule has 136 valence electrons. The van der Waals surface area contributed by atoms with Crippen LogP contribution in [0.4, 0.5) is 5.00 Å². The first-order chi connectivity index (χ1) is 11.7. The van der Waals surface area contributed by atoms with Crippen molar-refractivity contribution >= 4 is 38.2 Å². The summed E-state index contributed by atoms with van der Waals surface area (Å²) < 4.78 is 29.7. The van der Waals surface area contributed by atoms with Crippen molar-refractivity contribution in [2.24, 2.45) is 0 Å². The number of thiophene rings is 1. The van der Waals surface area contributed by atoms with Gasteiger partial charge >= 0.3 is 5.97 Å². The number of carbonyl (C=O) groups is 2. The summed E-state index contributed by atoms with van der Waals surface area (Å²) in [7, 11) is -3.49. The minimum absolute atomic E-state index is 0.185. The molecule has 0 saturated carbocycles. The third-order valence-corrected chi connectivity index (χ3v) is 6.36. The SMILES string of the molecule is CCOC(=O)c1sc(NC(=O)C2CCCN2S(C)(=O)=O)c(C#N)c1C. The third-order valence-electron chi connectivity index (χ3n) is 3.89. The quantitative estimate of drug-likeness (QED) is 0.767. The van der Waals surface area contributed by atoms with Crippen LogP contribution in [0, 0.1) is 18.3 Å². The zero-order chi connectivity index (χ0) is 18.8. The number of hydrogen-bond donors (Lipinski definition) is 1. The molecule has 1 fully saturated rings. The van der Waals surface area contributed by atoms with Gasteiger partial charge in [-0.3, -0.25) is 4.79 Å². The molecule has 25 heavy (non-hydrogen) atoms. The summed E-state index contributed by atoms with van der Waals surface area (Å²) in [6.45, 7) is 3.77. The van der Waals surface area contributed by atoms with Crippen molar-refractivity contribution in [2.75, 3.05) is 24.7 Å². The van der Waals surface area contributed by atoms with Crippen LogP contribution in [0.25, 0.3) is 0 Å². The van der Waals surface area contributed by atoms with Gasteiger partial charge in [0.15, 0.2) is 0 Å². The number of nitrogens with zero attached hydrogens (tertiary/aromatic N) is 2. The predicted octanol–water partition coefficient (Wildman–Crippen LogP) is 1.47. The standard InChI is InChI=1S/C15H19N3O5S2/c1-4-23-15(20)12-9(2)10(8-16)14(24-12)17-13(19)11-6-5-7-18(11)25(3,21)22/h11H,4-7H2,1-3H3,(H,17,19). The zero-order valence-corrected chi connectivity index (χ0v) is 15.8. The van der Waals surface area contributed by atoms with Crippen LogP contribution in [0.15, 0.2) is 0 Å². The Hall–Kier alpha value is -1.96. The number of carbonyl (C=O) groups excluding carboxylic acids is 2. The first kappa shape index (κ1) is 19.4. The van der Waals surface area contributed by atoms with Gasteiger partial charge in [0.05, 0.1) is 18.4 Å². The van der Waals surface area contributed by atoms with Gasteiger partial charge in [-0.1, -0.05) is 0 Å². The molecule has 0 aliphatic carbocycles. The van der Waals surface area contributed by atoms with E-state index in [1.165, 1.54) is 0 Å². The lowest BCUT2D eigenvalue weighted by Crippen LogP contribution is -2.42. The number of nitrogens with one attached hydrogen (secondary N) is 1. The van der Waals surface area contributed by atoms with E-state index in [1.54, 1.807) is 13.8 Å². The second-order valence-corrected chi connectivity index (χ2v) is 8.57. The topological polar surface area (TPSA) is 117 Å². The van der Waals surface area contributed by atoms with E-state index in [0.29, 0.717) is 24.9 Å². The molecule has 1 saturated heterocycles. The fourth-order valence-electron chi connectivity index (χ4n) is 2.72. The smallest absolute Gasteiger partial charge is 0.348 e. The predicted molar refractivity (Wildman–Crippen MR) is 92.9 cm³/mol. The summed E-state index contributed by atoms with van der Waals surface area (Å²) >= 11 is 0.958. The number of sulfonamides is 1. The molecule has 2 heterocycles. The Balaban J connectivity index is 2.28. The maximum Gasteiger partial charge on any atom is 0.348 e. The minimum atomic E-state index is -3.49. The summed E-state index contributed by atoms with van der Waals surface area (Å²) in [5.41, 5.74) is 0.623.